The van der Waals surface area contributed by atoms with E-state index in [2.05, 4.69) is 27.3 Å². The minimum atomic E-state index is 0.642. The zero-order valence-electron chi connectivity index (χ0n) is 9.82. The lowest BCUT2D eigenvalue weighted by atomic mass is 10.1. The summed E-state index contributed by atoms with van der Waals surface area (Å²) in [4.78, 5) is 2.65. The van der Waals surface area contributed by atoms with Crippen LogP contribution in [-0.4, -0.2) is 40.3 Å². The first-order valence-corrected chi connectivity index (χ1v) is 6.28. The van der Waals surface area contributed by atoms with Gasteiger partial charge in [-0.25, -0.2) is 0 Å². The second-order valence-electron chi connectivity index (χ2n) is 5.23. The second kappa shape index (κ2) is 4.18. The molecule has 2 unspecified atom stereocenters. The number of aromatic nitrogens is 2. The zero-order valence-corrected chi connectivity index (χ0v) is 9.82. The van der Waals surface area contributed by atoms with E-state index < -0.39 is 0 Å². The number of aromatic amines is 1. The average molecular weight is 220 g/mol. The standard InChI is InChI=1S/C12H20N4/c1-9-7-16(11-2-3-11)8-12(9)13-6-10-4-5-14-15-10/h4-5,9,11-13H,2-3,6-8H2,1H3,(H,14,15). The number of hydrogen-bond acceptors (Lipinski definition) is 3. The molecule has 0 amide bonds. The van der Waals surface area contributed by atoms with Gasteiger partial charge in [0.1, 0.15) is 0 Å². The highest BCUT2D eigenvalue weighted by Gasteiger charge is 2.37. The van der Waals surface area contributed by atoms with Crippen LogP contribution in [0.15, 0.2) is 12.3 Å². The van der Waals surface area contributed by atoms with Crippen LogP contribution in [0.2, 0.25) is 0 Å². The van der Waals surface area contributed by atoms with Crippen LogP contribution >= 0.6 is 0 Å². The van der Waals surface area contributed by atoms with Crippen molar-refractivity contribution in [3.8, 4) is 0 Å². The van der Waals surface area contributed by atoms with Crippen molar-refractivity contribution in [3.63, 3.8) is 0 Å². The van der Waals surface area contributed by atoms with Crippen LogP contribution < -0.4 is 5.32 Å². The first-order valence-electron chi connectivity index (χ1n) is 6.28. The highest BCUT2D eigenvalue weighted by atomic mass is 15.2. The van der Waals surface area contributed by atoms with Crippen molar-refractivity contribution >= 4 is 0 Å². The van der Waals surface area contributed by atoms with E-state index in [9.17, 15) is 0 Å². The van der Waals surface area contributed by atoms with Gasteiger partial charge in [0.05, 0.1) is 0 Å². The van der Waals surface area contributed by atoms with E-state index in [4.69, 9.17) is 0 Å². The fraction of sp³-hybridized carbons (Fsp3) is 0.750. The van der Waals surface area contributed by atoms with Crippen molar-refractivity contribution < 1.29 is 0 Å². The van der Waals surface area contributed by atoms with Gasteiger partial charge in [0, 0.05) is 43.6 Å². The molecule has 1 aliphatic heterocycles. The molecule has 3 rings (SSSR count). The maximum atomic E-state index is 3.96. The Morgan fingerprint density at radius 1 is 1.50 bits per heavy atom. The minimum absolute atomic E-state index is 0.642. The molecule has 1 aromatic rings. The molecule has 2 heterocycles. The Balaban J connectivity index is 1.51. The first-order chi connectivity index (χ1) is 7.83. The lowest BCUT2D eigenvalue weighted by molar-refractivity contribution is 0.313. The molecule has 0 aromatic carbocycles. The molecule has 4 heteroatoms. The summed E-state index contributed by atoms with van der Waals surface area (Å²) in [5, 5.41) is 10.6. The molecule has 2 atom stereocenters. The van der Waals surface area contributed by atoms with Crippen LogP contribution in [0.3, 0.4) is 0 Å². The van der Waals surface area contributed by atoms with Gasteiger partial charge in [0.15, 0.2) is 0 Å². The van der Waals surface area contributed by atoms with E-state index >= 15 is 0 Å². The van der Waals surface area contributed by atoms with Crippen molar-refractivity contribution in [2.45, 2.75) is 38.4 Å². The topological polar surface area (TPSA) is 44.0 Å². The summed E-state index contributed by atoms with van der Waals surface area (Å²) in [5.74, 6) is 0.767. The van der Waals surface area contributed by atoms with E-state index in [1.807, 2.05) is 12.3 Å². The fourth-order valence-electron chi connectivity index (χ4n) is 2.63. The Bertz CT molecular complexity index is 331. The van der Waals surface area contributed by atoms with Gasteiger partial charge in [-0.05, 0) is 24.8 Å². The smallest absolute Gasteiger partial charge is 0.0490 e. The maximum absolute atomic E-state index is 3.96. The number of rotatable bonds is 4. The van der Waals surface area contributed by atoms with Crippen LogP contribution in [0.4, 0.5) is 0 Å². The van der Waals surface area contributed by atoms with Crippen LogP contribution in [0.1, 0.15) is 25.5 Å². The third kappa shape index (κ3) is 2.13. The molecule has 1 aliphatic carbocycles. The Labute approximate surface area is 96.4 Å². The van der Waals surface area contributed by atoms with Crippen molar-refractivity contribution in [2.75, 3.05) is 13.1 Å². The molecule has 1 saturated carbocycles. The van der Waals surface area contributed by atoms with Crippen LogP contribution in [0.25, 0.3) is 0 Å². The molecule has 0 radical (unpaired) electrons. The minimum Gasteiger partial charge on any atom is -0.307 e. The zero-order chi connectivity index (χ0) is 11.0. The summed E-state index contributed by atoms with van der Waals surface area (Å²) in [6.45, 7) is 5.76. The monoisotopic (exact) mass is 220 g/mol. The third-order valence-electron chi connectivity index (χ3n) is 3.82. The Morgan fingerprint density at radius 2 is 2.38 bits per heavy atom. The van der Waals surface area contributed by atoms with E-state index in [1.165, 1.54) is 31.6 Å². The number of H-pyrrole nitrogens is 1. The second-order valence-corrected chi connectivity index (χ2v) is 5.23. The van der Waals surface area contributed by atoms with E-state index in [0.717, 1.165) is 18.5 Å². The Morgan fingerprint density at radius 3 is 3.06 bits per heavy atom. The maximum Gasteiger partial charge on any atom is 0.0490 e. The van der Waals surface area contributed by atoms with Gasteiger partial charge in [0.2, 0.25) is 0 Å². The van der Waals surface area contributed by atoms with Gasteiger partial charge in [-0.1, -0.05) is 6.92 Å². The molecule has 4 nitrogen and oxygen atoms in total. The highest BCUT2D eigenvalue weighted by molar-refractivity contribution is 4.99. The van der Waals surface area contributed by atoms with Crippen LogP contribution in [-0.2, 0) is 6.54 Å². The Kier molecular flexibility index (Phi) is 2.69. The number of nitrogens with one attached hydrogen (secondary N) is 2. The normalized spacial score (nSPS) is 31.1. The summed E-state index contributed by atoms with van der Waals surface area (Å²) in [6, 6.07) is 3.58. The molecule has 2 aliphatic rings. The molecule has 16 heavy (non-hydrogen) atoms. The number of likely N-dealkylation sites (tertiary alicyclic amines) is 1. The van der Waals surface area contributed by atoms with E-state index in [1.54, 1.807) is 0 Å². The molecule has 1 saturated heterocycles. The summed E-state index contributed by atoms with van der Waals surface area (Å²) < 4.78 is 0. The molecule has 2 N–H and O–H groups in total. The van der Waals surface area contributed by atoms with Gasteiger partial charge in [-0.3, -0.25) is 10.00 Å². The van der Waals surface area contributed by atoms with Gasteiger partial charge < -0.3 is 5.32 Å². The van der Waals surface area contributed by atoms with E-state index in [0.29, 0.717) is 6.04 Å². The van der Waals surface area contributed by atoms with Crippen molar-refractivity contribution in [1.82, 2.24) is 20.4 Å². The molecule has 1 aromatic heterocycles. The lowest BCUT2D eigenvalue weighted by Crippen LogP contribution is -2.35. The number of nitrogens with zero attached hydrogens (tertiary/aromatic N) is 2. The van der Waals surface area contributed by atoms with E-state index in [-0.39, 0.29) is 0 Å². The summed E-state index contributed by atoms with van der Waals surface area (Å²) >= 11 is 0. The quantitative estimate of drug-likeness (QED) is 0.795. The van der Waals surface area contributed by atoms with Crippen molar-refractivity contribution in [1.29, 1.82) is 0 Å². The SMILES string of the molecule is CC1CN(C2CC2)CC1NCc1ccn[nH]1. The molecule has 2 fully saturated rings. The molecular formula is C12H20N4. The van der Waals surface area contributed by atoms with Gasteiger partial charge in [0.25, 0.3) is 0 Å². The van der Waals surface area contributed by atoms with Gasteiger partial charge >= 0.3 is 0 Å². The lowest BCUT2D eigenvalue weighted by Gasteiger charge is -2.16. The first kappa shape index (κ1) is 10.3. The van der Waals surface area contributed by atoms with Gasteiger partial charge in [-0.2, -0.15) is 5.10 Å². The third-order valence-corrected chi connectivity index (χ3v) is 3.82. The Hall–Kier alpha value is -0.870. The van der Waals surface area contributed by atoms with Gasteiger partial charge in [-0.15, -0.1) is 0 Å². The van der Waals surface area contributed by atoms with Crippen molar-refractivity contribution in [3.05, 3.63) is 18.0 Å². The fourth-order valence-corrected chi connectivity index (χ4v) is 2.63. The highest BCUT2D eigenvalue weighted by Crippen LogP contribution is 2.31. The van der Waals surface area contributed by atoms with Crippen molar-refractivity contribution in [2.24, 2.45) is 5.92 Å². The largest absolute Gasteiger partial charge is 0.307 e. The molecule has 88 valence electrons. The summed E-state index contributed by atoms with van der Waals surface area (Å²) in [7, 11) is 0. The average Bonchev–Trinajstić information content (AvgIpc) is 2.86. The molecule has 0 spiro atoms. The number of hydrogen-bond donors (Lipinski definition) is 2. The summed E-state index contributed by atoms with van der Waals surface area (Å²) in [6.07, 6.45) is 4.64. The molecule has 0 bridgehead atoms. The van der Waals surface area contributed by atoms with Crippen LogP contribution in [0.5, 0.6) is 0 Å². The predicted octanol–water partition coefficient (Wildman–Crippen LogP) is 0.982. The summed E-state index contributed by atoms with van der Waals surface area (Å²) in [5.41, 5.74) is 1.18. The molecular weight excluding hydrogens is 200 g/mol. The predicted molar refractivity (Wildman–Crippen MR) is 63.0 cm³/mol. The van der Waals surface area contributed by atoms with Crippen LogP contribution in [0, 0.1) is 5.92 Å².